The van der Waals surface area contributed by atoms with E-state index in [0.29, 0.717) is 16.6 Å². The number of nitrogens with one attached hydrogen (secondary N) is 1. The van der Waals surface area contributed by atoms with Crippen LogP contribution in [-0.4, -0.2) is 11.9 Å². The van der Waals surface area contributed by atoms with Gasteiger partial charge < -0.3 is 5.32 Å². The Morgan fingerprint density at radius 2 is 1.94 bits per heavy atom. The van der Waals surface area contributed by atoms with Crippen LogP contribution in [0.4, 0.5) is 0 Å². The van der Waals surface area contributed by atoms with Gasteiger partial charge in [0.15, 0.2) is 0 Å². The predicted molar refractivity (Wildman–Crippen MR) is 70.5 cm³/mol. The lowest BCUT2D eigenvalue weighted by molar-refractivity contribution is 0.0927. The van der Waals surface area contributed by atoms with Crippen molar-refractivity contribution in [2.24, 2.45) is 0 Å². The molecule has 1 saturated carbocycles. The number of hydrogen-bond acceptors (Lipinski definition) is 1. The minimum absolute atomic E-state index is 0.00231. The van der Waals surface area contributed by atoms with E-state index in [-0.39, 0.29) is 5.91 Å². The van der Waals surface area contributed by atoms with Gasteiger partial charge >= 0.3 is 0 Å². The van der Waals surface area contributed by atoms with Crippen LogP contribution in [0.25, 0.3) is 0 Å². The number of hydrogen-bond donors (Lipinski definition) is 1. The highest BCUT2D eigenvalue weighted by molar-refractivity contribution is 6.31. The van der Waals surface area contributed by atoms with Crippen molar-refractivity contribution in [3.8, 4) is 0 Å². The molecule has 1 aliphatic carbocycles. The second kappa shape index (κ2) is 5.54. The number of benzene rings is 1. The first kappa shape index (κ1) is 12.4. The van der Waals surface area contributed by atoms with Crippen LogP contribution in [-0.2, 0) is 0 Å². The van der Waals surface area contributed by atoms with E-state index in [0.717, 1.165) is 18.4 Å². The van der Waals surface area contributed by atoms with Crippen LogP contribution in [0, 0.1) is 6.92 Å². The van der Waals surface area contributed by atoms with Gasteiger partial charge in [-0.3, -0.25) is 4.79 Å². The van der Waals surface area contributed by atoms with Crippen molar-refractivity contribution in [3.05, 3.63) is 34.3 Å². The van der Waals surface area contributed by atoms with Crippen molar-refractivity contribution in [2.75, 3.05) is 0 Å². The minimum Gasteiger partial charge on any atom is -0.349 e. The van der Waals surface area contributed by atoms with Gasteiger partial charge in [0.05, 0.1) is 0 Å². The fraction of sp³-hybridized carbons (Fsp3) is 0.500. The van der Waals surface area contributed by atoms with Crippen LogP contribution in [0.2, 0.25) is 5.02 Å². The molecular formula is C14H18ClNO. The molecular weight excluding hydrogens is 234 g/mol. The first-order chi connectivity index (χ1) is 8.15. The zero-order valence-corrected chi connectivity index (χ0v) is 10.9. The van der Waals surface area contributed by atoms with Crippen molar-refractivity contribution >= 4 is 17.5 Å². The Hall–Kier alpha value is -1.02. The monoisotopic (exact) mass is 251 g/mol. The van der Waals surface area contributed by atoms with Gasteiger partial charge in [0.1, 0.15) is 0 Å². The molecule has 1 aromatic carbocycles. The van der Waals surface area contributed by atoms with Crippen LogP contribution in [0.15, 0.2) is 18.2 Å². The van der Waals surface area contributed by atoms with E-state index < -0.39 is 0 Å². The number of carbonyl (C=O) groups is 1. The van der Waals surface area contributed by atoms with Crippen molar-refractivity contribution in [2.45, 2.75) is 45.1 Å². The van der Waals surface area contributed by atoms with Crippen molar-refractivity contribution in [3.63, 3.8) is 0 Å². The molecule has 0 radical (unpaired) electrons. The second-order valence-corrected chi connectivity index (χ2v) is 5.26. The van der Waals surface area contributed by atoms with Crippen LogP contribution in [0.3, 0.4) is 0 Å². The second-order valence-electron chi connectivity index (χ2n) is 4.83. The van der Waals surface area contributed by atoms with Crippen molar-refractivity contribution in [1.29, 1.82) is 0 Å². The number of amides is 1. The summed E-state index contributed by atoms with van der Waals surface area (Å²) in [5.41, 5.74) is 1.69. The number of carbonyl (C=O) groups excluding carboxylic acids is 1. The molecule has 1 amide bonds. The first-order valence-corrected chi connectivity index (χ1v) is 6.61. The molecule has 0 saturated heterocycles. The third kappa shape index (κ3) is 3.47. The molecule has 2 rings (SSSR count). The van der Waals surface area contributed by atoms with E-state index in [1.807, 2.05) is 19.1 Å². The average Bonchev–Trinajstić information content (AvgIpc) is 2.29. The first-order valence-electron chi connectivity index (χ1n) is 6.23. The Morgan fingerprint density at radius 3 is 2.59 bits per heavy atom. The molecule has 0 spiro atoms. The van der Waals surface area contributed by atoms with E-state index in [1.165, 1.54) is 19.3 Å². The third-order valence-corrected chi connectivity index (χ3v) is 3.46. The molecule has 1 aromatic rings. The van der Waals surface area contributed by atoms with Crippen LogP contribution < -0.4 is 5.32 Å². The molecule has 1 aliphatic rings. The lowest BCUT2D eigenvalue weighted by atomic mass is 9.95. The quantitative estimate of drug-likeness (QED) is 0.853. The lowest BCUT2D eigenvalue weighted by Gasteiger charge is -2.22. The molecule has 17 heavy (non-hydrogen) atoms. The summed E-state index contributed by atoms with van der Waals surface area (Å²) < 4.78 is 0. The highest BCUT2D eigenvalue weighted by Gasteiger charge is 2.16. The van der Waals surface area contributed by atoms with Crippen molar-refractivity contribution in [1.82, 2.24) is 5.32 Å². The summed E-state index contributed by atoms with van der Waals surface area (Å²) >= 11 is 5.96. The summed E-state index contributed by atoms with van der Waals surface area (Å²) in [6.45, 7) is 1.95. The van der Waals surface area contributed by atoms with Gasteiger partial charge in [-0.1, -0.05) is 30.9 Å². The molecule has 0 unspecified atom stereocenters. The van der Waals surface area contributed by atoms with E-state index >= 15 is 0 Å². The smallest absolute Gasteiger partial charge is 0.251 e. The van der Waals surface area contributed by atoms with Gasteiger partial charge in [-0.05, 0) is 43.5 Å². The van der Waals surface area contributed by atoms with E-state index in [2.05, 4.69) is 5.32 Å². The predicted octanol–water partition coefficient (Wildman–Crippen LogP) is 3.71. The standard InChI is InChI=1S/C14H18ClNO/c1-10-7-11(9-12(15)8-10)14(17)16-13-5-3-2-4-6-13/h7-9,13H,2-6H2,1H3,(H,16,17). The fourth-order valence-electron chi connectivity index (χ4n) is 2.38. The Balaban J connectivity index is 2.03. The molecule has 1 fully saturated rings. The largest absolute Gasteiger partial charge is 0.349 e. The Morgan fingerprint density at radius 1 is 1.24 bits per heavy atom. The maximum Gasteiger partial charge on any atom is 0.251 e. The van der Waals surface area contributed by atoms with Gasteiger partial charge in [0.2, 0.25) is 0 Å². The molecule has 0 bridgehead atoms. The number of aryl methyl sites for hydroxylation is 1. The fourth-order valence-corrected chi connectivity index (χ4v) is 2.67. The van der Waals surface area contributed by atoms with E-state index in [4.69, 9.17) is 11.6 Å². The SMILES string of the molecule is Cc1cc(Cl)cc(C(=O)NC2CCCCC2)c1. The third-order valence-electron chi connectivity index (χ3n) is 3.24. The molecule has 3 heteroatoms. The number of rotatable bonds is 2. The lowest BCUT2D eigenvalue weighted by Crippen LogP contribution is -2.36. The Labute approximate surface area is 107 Å². The van der Waals surface area contributed by atoms with Crippen LogP contribution in [0.5, 0.6) is 0 Å². The molecule has 1 N–H and O–H groups in total. The normalized spacial score (nSPS) is 16.8. The molecule has 0 aliphatic heterocycles. The summed E-state index contributed by atoms with van der Waals surface area (Å²) in [4.78, 5) is 12.0. The zero-order chi connectivity index (χ0) is 12.3. The summed E-state index contributed by atoms with van der Waals surface area (Å²) in [6, 6.07) is 5.81. The zero-order valence-electron chi connectivity index (χ0n) is 10.1. The summed E-state index contributed by atoms with van der Waals surface area (Å²) in [6.07, 6.45) is 5.94. The van der Waals surface area contributed by atoms with Crippen LogP contribution in [0.1, 0.15) is 48.0 Å². The maximum absolute atomic E-state index is 12.0. The van der Waals surface area contributed by atoms with E-state index in [9.17, 15) is 4.79 Å². The average molecular weight is 252 g/mol. The molecule has 2 nitrogen and oxygen atoms in total. The summed E-state index contributed by atoms with van der Waals surface area (Å²) in [5.74, 6) is 0.00231. The topological polar surface area (TPSA) is 29.1 Å². The molecule has 0 heterocycles. The highest BCUT2D eigenvalue weighted by atomic mass is 35.5. The molecule has 92 valence electrons. The minimum atomic E-state index is 0.00231. The van der Waals surface area contributed by atoms with Gasteiger partial charge in [-0.2, -0.15) is 0 Å². The molecule has 0 aromatic heterocycles. The van der Waals surface area contributed by atoms with Gasteiger partial charge in [0, 0.05) is 16.6 Å². The van der Waals surface area contributed by atoms with Gasteiger partial charge in [-0.25, -0.2) is 0 Å². The summed E-state index contributed by atoms with van der Waals surface area (Å²) in [7, 11) is 0. The Bertz CT molecular complexity index is 390. The van der Waals surface area contributed by atoms with Gasteiger partial charge in [-0.15, -0.1) is 0 Å². The molecule has 0 atom stereocenters. The van der Waals surface area contributed by atoms with Crippen LogP contribution >= 0.6 is 11.6 Å². The number of halogens is 1. The van der Waals surface area contributed by atoms with Crippen molar-refractivity contribution < 1.29 is 4.79 Å². The maximum atomic E-state index is 12.0. The van der Waals surface area contributed by atoms with Gasteiger partial charge in [0.25, 0.3) is 5.91 Å². The van der Waals surface area contributed by atoms with E-state index in [1.54, 1.807) is 6.07 Å². The summed E-state index contributed by atoms with van der Waals surface area (Å²) in [5, 5.41) is 3.72. The Kier molecular flexibility index (Phi) is 4.06. The highest BCUT2D eigenvalue weighted by Crippen LogP contribution is 2.19.